The molecule has 0 aliphatic carbocycles. The third kappa shape index (κ3) is 4.30. The zero-order valence-electron chi connectivity index (χ0n) is 12.0. The molecule has 0 amide bonds. The molecular formula is C14H20N4O2S. The van der Waals surface area contributed by atoms with E-state index < -0.39 is 10.0 Å². The predicted octanol–water partition coefficient (Wildman–Crippen LogP) is 1.68. The molecule has 2 rings (SSSR count). The molecule has 0 saturated carbocycles. The fourth-order valence-corrected chi connectivity index (χ4v) is 3.22. The minimum Gasteiger partial charge on any atom is -0.382 e. The quantitative estimate of drug-likeness (QED) is 0.778. The van der Waals surface area contributed by atoms with Crippen LogP contribution in [0.2, 0.25) is 0 Å². The van der Waals surface area contributed by atoms with Crippen LogP contribution in [0.15, 0.2) is 47.9 Å². The summed E-state index contributed by atoms with van der Waals surface area (Å²) in [6.45, 7) is 3.71. The first-order valence-corrected chi connectivity index (χ1v) is 8.40. The minimum atomic E-state index is -3.47. The van der Waals surface area contributed by atoms with Crippen molar-refractivity contribution in [2.45, 2.75) is 24.8 Å². The number of sulfonamides is 1. The second-order valence-electron chi connectivity index (χ2n) is 4.62. The van der Waals surface area contributed by atoms with E-state index in [1.54, 1.807) is 30.7 Å². The number of hydrogen-bond donors (Lipinski definition) is 2. The lowest BCUT2D eigenvalue weighted by atomic mass is 10.3. The van der Waals surface area contributed by atoms with Crippen LogP contribution in [-0.2, 0) is 16.6 Å². The molecule has 0 aliphatic rings. The summed E-state index contributed by atoms with van der Waals surface area (Å²) in [5.74, 6) is 0. The molecule has 0 fully saturated rings. The summed E-state index contributed by atoms with van der Waals surface area (Å²) in [4.78, 5) is 4.25. The van der Waals surface area contributed by atoms with Crippen molar-refractivity contribution in [1.82, 2.24) is 14.3 Å². The molecule has 0 spiro atoms. The molecule has 2 aromatic rings. The van der Waals surface area contributed by atoms with E-state index in [9.17, 15) is 8.42 Å². The normalized spacial score (nSPS) is 11.5. The number of imidazole rings is 1. The summed E-state index contributed by atoms with van der Waals surface area (Å²) in [5.41, 5.74) is 0.612. The van der Waals surface area contributed by atoms with Crippen LogP contribution >= 0.6 is 0 Å². The van der Waals surface area contributed by atoms with Crippen LogP contribution in [0.1, 0.15) is 13.3 Å². The highest BCUT2D eigenvalue weighted by Gasteiger charge is 2.16. The SMILES string of the molecule is CCCNS(=O)(=O)c1ccccc1NCCn1ccnc1. The van der Waals surface area contributed by atoms with Crippen molar-refractivity contribution in [3.8, 4) is 0 Å². The number of nitrogens with one attached hydrogen (secondary N) is 2. The van der Waals surface area contributed by atoms with Crippen LogP contribution in [0, 0.1) is 0 Å². The summed E-state index contributed by atoms with van der Waals surface area (Å²) >= 11 is 0. The largest absolute Gasteiger partial charge is 0.382 e. The number of benzene rings is 1. The van der Waals surface area contributed by atoms with Gasteiger partial charge in [0.2, 0.25) is 10.0 Å². The lowest BCUT2D eigenvalue weighted by Gasteiger charge is -2.13. The average molecular weight is 308 g/mol. The Kier molecular flexibility index (Phi) is 5.35. The van der Waals surface area contributed by atoms with Crippen molar-refractivity contribution in [2.24, 2.45) is 0 Å². The first-order valence-electron chi connectivity index (χ1n) is 6.92. The van der Waals surface area contributed by atoms with E-state index in [0.717, 1.165) is 13.0 Å². The average Bonchev–Trinajstić information content (AvgIpc) is 2.99. The highest BCUT2D eigenvalue weighted by atomic mass is 32.2. The van der Waals surface area contributed by atoms with Gasteiger partial charge in [-0.25, -0.2) is 18.1 Å². The van der Waals surface area contributed by atoms with E-state index in [1.165, 1.54) is 0 Å². The van der Waals surface area contributed by atoms with Crippen LogP contribution in [-0.4, -0.2) is 31.1 Å². The molecule has 1 aromatic carbocycles. The lowest BCUT2D eigenvalue weighted by molar-refractivity contribution is 0.581. The Bertz CT molecular complexity index is 653. The minimum absolute atomic E-state index is 0.282. The maximum absolute atomic E-state index is 12.2. The van der Waals surface area contributed by atoms with Crippen LogP contribution in [0.4, 0.5) is 5.69 Å². The van der Waals surface area contributed by atoms with E-state index in [4.69, 9.17) is 0 Å². The molecule has 0 aliphatic heterocycles. The van der Waals surface area contributed by atoms with Gasteiger partial charge >= 0.3 is 0 Å². The Hall–Kier alpha value is -1.86. The smallest absolute Gasteiger partial charge is 0.242 e. The van der Waals surface area contributed by atoms with E-state index in [-0.39, 0.29) is 4.90 Å². The topological polar surface area (TPSA) is 76.0 Å². The van der Waals surface area contributed by atoms with Crippen molar-refractivity contribution < 1.29 is 8.42 Å². The molecule has 114 valence electrons. The van der Waals surface area contributed by atoms with Crippen LogP contribution in [0.3, 0.4) is 0 Å². The number of aromatic nitrogens is 2. The first-order chi connectivity index (χ1) is 10.1. The molecule has 21 heavy (non-hydrogen) atoms. The number of anilines is 1. The predicted molar refractivity (Wildman–Crippen MR) is 82.6 cm³/mol. The summed E-state index contributed by atoms with van der Waals surface area (Å²) in [5, 5.41) is 3.17. The Morgan fingerprint density at radius 1 is 1.24 bits per heavy atom. The zero-order chi connectivity index (χ0) is 15.1. The summed E-state index contributed by atoms with van der Waals surface area (Å²) in [6, 6.07) is 6.92. The van der Waals surface area contributed by atoms with Crippen LogP contribution < -0.4 is 10.0 Å². The van der Waals surface area contributed by atoms with Gasteiger partial charge < -0.3 is 9.88 Å². The van der Waals surface area contributed by atoms with Gasteiger partial charge in [-0.3, -0.25) is 0 Å². The van der Waals surface area contributed by atoms with Gasteiger partial charge in [0.05, 0.1) is 12.0 Å². The van der Waals surface area contributed by atoms with Gasteiger partial charge in [-0.2, -0.15) is 0 Å². The van der Waals surface area contributed by atoms with Gasteiger partial charge in [-0.15, -0.1) is 0 Å². The number of nitrogens with zero attached hydrogens (tertiary/aromatic N) is 2. The van der Waals surface area contributed by atoms with Gasteiger partial charge in [0.25, 0.3) is 0 Å². The summed E-state index contributed by atoms with van der Waals surface area (Å²) in [6.07, 6.45) is 6.07. The molecule has 1 heterocycles. The molecule has 0 radical (unpaired) electrons. The highest BCUT2D eigenvalue weighted by molar-refractivity contribution is 7.89. The molecule has 0 atom stereocenters. The third-order valence-corrected chi connectivity index (χ3v) is 4.48. The van der Waals surface area contributed by atoms with Crippen molar-refractivity contribution in [3.63, 3.8) is 0 Å². The van der Waals surface area contributed by atoms with Crippen molar-refractivity contribution in [1.29, 1.82) is 0 Å². The Balaban J connectivity index is 2.06. The number of para-hydroxylation sites is 1. The fraction of sp³-hybridized carbons (Fsp3) is 0.357. The van der Waals surface area contributed by atoms with Gasteiger partial charge in [0.1, 0.15) is 4.90 Å². The van der Waals surface area contributed by atoms with E-state index in [0.29, 0.717) is 18.8 Å². The molecule has 1 aromatic heterocycles. The highest BCUT2D eigenvalue weighted by Crippen LogP contribution is 2.20. The van der Waals surface area contributed by atoms with Gasteiger partial charge in [0, 0.05) is 32.0 Å². The zero-order valence-corrected chi connectivity index (χ0v) is 12.8. The molecule has 0 saturated heterocycles. The van der Waals surface area contributed by atoms with Crippen molar-refractivity contribution >= 4 is 15.7 Å². The number of hydrogen-bond acceptors (Lipinski definition) is 4. The van der Waals surface area contributed by atoms with Crippen LogP contribution in [0.5, 0.6) is 0 Å². The van der Waals surface area contributed by atoms with Crippen molar-refractivity contribution in [2.75, 3.05) is 18.4 Å². The Morgan fingerprint density at radius 3 is 2.76 bits per heavy atom. The van der Waals surface area contributed by atoms with Crippen LogP contribution in [0.25, 0.3) is 0 Å². The molecule has 0 unspecified atom stereocenters. The second-order valence-corrected chi connectivity index (χ2v) is 6.36. The second kappa shape index (κ2) is 7.24. The van der Waals surface area contributed by atoms with E-state index in [2.05, 4.69) is 15.0 Å². The molecule has 7 heteroatoms. The van der Waals surface area contributed by atoms with E-state index in [1.807, 2.05) is 23.8 Å². The Morgan fingerprint density at radius 2 is 2.05 bits per heavy atom. The summed E-state index contributed by atoms with van der Waals surface area (Å²) in [7, 11) is -3.47. The standard InChI is InChI=1S/C14H20N4O2S/c1-2-7-17-21(19,20)14-6-4-3-5-13(14)16-9-11-18-10-8-15-12-18/h3-6,8,10,12,16-17H,2,7,9,11H2,1H3. The maximum Gasteiger partial charge on any atom is 0.242 e. The monoisotopic (exact) mass is 308 g/mol. The summed E-state index contributed by atoms with van der Waals surface area (Å²) < 4.78 is 29.0. The number of rotatable bonds is 8. The van der Waals surface area contributed by atoms with E-state index >= 15 is 0 Å². The molecule has 0 bridgehead atoms. The van der Waals surface area contributed by atoms with Gasteiger partial charge in [-0.05, 0) is 18.6 Å². The van der Waals surface area contributed by atoms with Crippen molar-refractivity contribution in [3.05, 3.63) is 43.0 Å². The first kappa shape index (κ1) is 15.5. The van der Waals surface area contributed by atoms with Gasteiger partial charge in [0.15, 0.2) is 0 Å². The lowest BCUT2D eigenvalue weighted by Crippen LogP contribution is -2.25. The fourth-order valence-electron chi connectivity index (χ4n) is 1.90. The third-order valence-electron chi connectivity index (χ3n) is 2.96. The Labute approximate surface area is 125 Å². The molecule has 2 N–H and O–H groups in total. The maximum atomic E-state index is 12.2. The molecule has 6 nitrogen and oxygen atoms in total. The van der Waals surface area contributed by atoms with Gasteiger partial charge in [-0.1, -0.05) is 19.1 Å². The molecular weight excluding hydrogens is 288 g/mol.